The summed E-state index contributed by atoms with van der Waals surface area (Å²) in [6.07, 6.45) is 0. The first-order chi connectivity index (χ1) is 11.1. The smallest absolute Gasteiger partial charge is 0.251 e. The van der Waals surface area contributed by atoms with Crippen LogP contribution in [0, 0.1) is 5.92 Å². The molecule has 2 N–H and O–H groups in total. The Kier molecular flexibility index (Phi) is 6.68. The number of rotatable bonds is 7. The molecule has 0 fully saturated rings. The summed E-state index contributed by atoms with van der Waals surface area (Å²) in [7, 11) is 0. The van der Waals surface area contributed by atoms with Gasteiger partial charge in [-0.05, 0) is 42.7 Å². The molecule has 4 heteroatoms. The van der Waals surface area contributed by atoms with Crippen molar-refractivity contribution < 1.29 is 9.90 Å². The number of hydrogen-bond donors (Lipinski definition) is 2. The molecular weight excluding hydrogens is 306 g/mol. The summed E-state index contributed by atoms with van der Waals surface area (Å²) in [5, 5.41) is 12.0. The van der Waals surface area contributed by atoms with Crippen LogP contribution in [-0.2, 0) is 5.75 Å². The number of benzene rings is 2. The van der Waals surface area contributed by atoms with Crippen molar-refractivity contribution in [1.82, 2.24) is 5.32 Å². The zero-order valence-corrected chi connectivity index (χ0v) is 14.3. The molecule has 122 valence electrons. The molecule has 2 unspecified atom stereocenters. The predicted molar refractivity (Wildman–Crippen MR) is 95.6 cm³/mol. The van der Waals surface area contributed by atoms with Crippen LogP contribution >= 0.6 is 11.8 Å². The molecule has 0 spiro atoms. The molecule has 0 aliphatic heterocycles. The van der Waals surface area contributed by atoms with Gasteiger partial charge in [0.25, 0.3) is 5.91 Å². The van der Waals surface area contributed by atoms with Gasteiger partial charge in [-0.2, -0.15) is 0 Å². The van der Waals surface area contributed by atoms with Gasteiger partial charge in [0.05, 0.1) is 0 Å². The van der Waals surface area contributed by atoms with Crippen LogP contribution < -0.4 is 5.32 Å². The SMILES string of the molecule is CC(CO)C(C)NC(=O)c1ccc(CSc2ccccc2)cc1. The van der Waals surface area contributed by atoms with Gasteiger partial charge in [-0.25, -0.2) is 0 Å². The minimum absolute atomic E-state index is 0.0421. The molecule has 0 radical (unpaired) electrons. The number of carbonyl (C=O) groups is 1. The normalized spacial score (nSPS) is 13.3. The van der Waals surface area contributed by atoms with Crippen LogP contribution in [0.1, 0.15) is 29.8 Å². The third kappa shape index (κ3) is 5.41. The van der Waals surface area contributed by atoms with Crippen LogP contribution in [-0.4, -0.2) is 23.7 Å². The van der Waals surface area contributed by atoms with Gasteiger partial charge in [0, 0.05) is 28.9 Å². The topological polar surface area (TPSA) is 49.3 Å². The standard InChI is InChI=1S/C19H23NO2S/c1-14(12-21)15(2)20-19(22)17-10-8-16(9-11-17)13-23-18-6-4-3-5-7-18/h3-11,14-15,21H,12-13H2,1-2H3,(H,20,22). The first-order valence-electron chi connectivity index (χ1n) is 7.78. The Balaban J connectivity index is 1.90. The molecule has 0 aliphatic rings. The highest BCUT2D eigenvalue weighted by molar-refractivity contribution is 7.98. The van der Waals surface area contributed by atoms with E-state index in [0.717, 1.165) is 5.75 Å². The summed E-state index contributed by atoms with van der Waals surface area (Å²) < 4.78 is 0. The molecular formula is C19H23NO2S. The van der Waals surface area contributed by atoms with Gasteiger partial charge in [-0.15, -0.1) is 11.8 Å². The molecule has 0 heterocycles. The first-order valence-corrected chi connectivity index (χ1v) is 8.77. The lowest BCUT2D eigenvalue weighted by atomic mass is 10.0. The predicted octanol–water partition coefficient (Wildman–Crippen LogP) is 3.73. The minimum atomic E-state index is -0.0972. The van der Waals surface area contributed by atoms with Gasteiger partial charge in [-0.1, -0.05) is 37.3 Å². The van der Waals surface area contributed by atoms with Crippen molar-refractivity contribution in [2.75, 3.05) is 6.61 Å². The average molecular weight is 329 g/mol. The van der Waals surface area contributed by atoms with E-state index in [-0.39, 0.29) is 24.5 Å². The molecule has 3 nitrogen and oxygen atoms in total. The lowest BCUT2D eigenvalue weighted by molar-refractivity contribution is 0.0916. The van der Waals surface area contributed by atoms with E-state index in [1.807, 2.05) is 56.3 Å². The zero-order valence-electron chi connectivity index (χ0n) is 13.5. The second-order valence-corrected chi connectivity index (χ2v) is 6.77. The van der Waals surface area contributed by atoms with Crippen molar-refractivity contribution in [3.63, 3.8) is 0 Å². The molecule has 0 saturated carbocycles. The second-order valence-electron chi connectivity index (χ2n) is 5.72. The number of amides is 1. The van der Waals surface area contributed by atoms with E-state index in [4.69, 9.17) is 5.11 Å². The molecule has 2 aromatic carbocycles. The summed E-state index contributed by atoms with van der Waals surface area (Å²) in [6.45, 7) is 3.88. The molecule has 0 saturated heterocycles. The fraction of sp³-hybridized carbons (Fsp3) is 0.316. The summed E-state index contributed by atoms with van der Waals surface area (Å²) >= 11 is 1.78. The number of thioether (sulfide) groups is 1. The number of aliphatic hydroxyl groups is 1. The monoisotopic (exact) mass is 329 g/mol. The third-order valence-corrected chi connectivity index (χ3v) is 4.95. The maximum absolute atomic E-state index is 12.2. The fourth-order valence-corrected chi connectivity index (χ4v) is 2.90. The van der Waals surface area contributed by atoms with E-state index in [0.29, 0.717) is 5.56 Å². The number of nitrogens with one attached hydrogen (secondary N) is 1. The van der Waals surface area contributed by atoms with Crippen LogP contribution in [0.4, 0.5) is 0 Å². The van der Waals surface area contributed by atoms with Gasteiger partial charge >= 0.3 is 0 Å². The van der Waals surface area contributed by atoms with Gasteiger partial charge in [0.1, 0.15) is 0 Å². The van der Waals surface area contributed by atoms with E-state index < -0.39 is 0 Å². The van der Waals surface area contributed by atoms with Crippen LogP contribution in [0.2, 0.25) is 0 Å². The number of aliphatic hydroxyl groups excluding tert-OH is 1. The Morgan fingerprint density at radius 2 is 1.74 bits per heavy atom. The highest BCUT2D eigenvalue weighted by Gasteiger charge is 2.14. The highest BCUT2D eigenvalue weighted by Crippen LogP contribution is 2.22. The van der Waals surface area contributed by atoms with Gasteiger partial charge in [0.15, 0.2) is 0 Å². The molecule has 1 amide bonds. The highest BCUT2D eigenvalue weighted by atomic mass is 32.2. The van der Waals surface area contributed by atoms with Crippen molar-refractivity contribution >= 4 is 17.7 Å². The minimum Gasteiger partial charge on any atom is -0.396 e. The summed E-state index contributed by atoms with van der Waals surface area (Å²) in [5.74, 6) is 0.824. The molecule has 0 bridgehead atoms. The number of carbonyl (C=O) groups excluding carboxylic acids is 1. The summed E-state index contributed by atoms with van der Waals surface area (Å²) in [6, 6.07) is 17.9. The molecule has 0 aromatic heterocycles. The van der Waals surface area contributed by atoms with E-state index in [1.165, 1.54) is 10.5 Å². The maximum Gasteiger partial charge on any atom is 0.251 e. The lowest BCUT2D eigenvalue weighted by Gasteiger charge is -2.19. The quantitative estimate of drug-likeness (QED) is 0.761. The average Bonchev–Trinajstić information content (AvgIpc) is 2.60. The van der Waals surface area contributed by atoms with Crippen LogP contribution in [0.15, 0.2) is 59.5 Å². The van der Waals surface area contributed by atoms with Crippen LogP contribution in [0.3, 0.4) is 0 Å². The van der Waals surface area contributed by atoms with Crippen molar-refractivity contribution in [2.24, 2.45) is 5.92 Å². The first kappa shape index (κ1) is 17.6. The molecule has 23 heavy (non-hydrogen) atoms. The fourth-order valence-electron chi connectivity index (χ4n) is 2.03. The van der Waals surface area contributed by atoms with Crippen LogP contribution in [0.25, 0.3) is 0 Å². The number of hydrogen-bond acceptors (Lipinski definition) is 3. The molecule has 2 aromatic rings. The van der Waals surface area contributed by atoms with E-state index in [2.05, 4.69) is 17.4 Å². The van der Waals surface area contributed by atoms with E-state index in [1.54, 1.807) is 11.8 Å². The van der Waals surface area contributed by atoms with Crippen molar-refractivity contribution in [3.8, 4) is 0 Å². The van der Waals surface area contributed by atoms with E-state index >= 15 is 0 Å². The molecule has 2 rings (SSSR count). The summed E-state index contributed by atoms with van der Waals surface area (Å²) in [4.78, 5) is 13.4. The van der Waals surface area contributed by atoms with Crippen LogP contribution in [0.5, 0.6) is 0 Å². The summed E-state index contributed by atoms with van der Waals surface area (Å²) in [5.41, 5.74) is 1.84. The Morgan fingerprint density at radius 1 is 1.09 bits per heavy atom. The Bertz CT molecular complexity index is 613. The lowest BCUT2D eigenvalue weighted by Crippen LogP contribution is -2.38. The Labute approximate surface area is 142 Å². The molecule has 2 atom stereocenters. The van der Waals surface area contributed by atoms with Crippen molar-refractivity contribution in [3.05, 3.63) is 65.7 Å². The van der Waals surface area contributed by atoms with Gasteiger partial charge in [-0.3, -0.25) is 4.79 Å². The van der Waals surface area contributed by atoms with Crippen molar-refractivity contribution in [1.29, 1.82) is 0 Å². The third-order valence-electron chi connectivity index (χ3n) is 3.87. The molecule has 0 aliphatic carbocycles. The van der Waals surface area contributed by atoms with Gasteiger partial charge in [0.2, 0.25) is 0 Å². The van der Waals surface area contributed by atoms with Gasteiger partial charge < -0.3 is 10.4 Å². The Morgan fingerprint density at radius 3 is 2.35 bits per heavy atom. The van der Waals surface area contributed by atoms with Crippen molar-refractivity contribution in [2.45, 2.75) is 30.5 Å². The van der Waals surface area contributed by atoms with E-state index in [9.17, 15) is 4.79 Å². The maximum atomic E-state index is 12.2. The largest absolute Gasteiger partial charge is 0.396 e. The second kappa shape index (κ2) is 8.75. The zero-order chi connectivity index (χ0) is 16.7. The Hall–Kier alpha value is -1.78.